The molecule has 1 rings (SSSR count). The Morgan fingerprint density at radius 2 is 1.69 bits per heavy atom. The van der Waals surface area contributed by atoms with E-state index >= 15 is 0 Å². The summed E-state index contributed by atoms with van der Waals surface area (Å²) in [5.41, 5.74) is 3.11. The van der Waals surface area contributed by atoms with Crippen LogP contribution in [-0.4, -0.2) is 17.2 Å². The zero-order valence-electron chi connectivity index (χ0n) is 10.8. The molecule has 0 saturated carbocycles. The standard InChI is InChI=1S/C13H21BO2/c1-9(2)11-8-10(14(15)16)6-7-12(11)13(3,4)5/h6-9,15-16H,1-5H3. The molecule has 0 aliphatic rings. The monoisotopic (exact) mass is 220 g/mol. The average molecular weight is 220 g/mol. The Morgan fingerprint density at radius 3 is 2.06 bits per heavy atom. The van der Waals surface area contributed by atoms with Crippen LogP contribution in [0.25, 0.3) is 0 Å². The van der Waals surface area contributed by atoms with E-state index in [0.717, 1.165) is 0 Å². The number of hydrogen-bond donors (Lipinski definition) is 2. The molecular formula is C13H21BO2. The van der Waals surface area contributed by atoms with Crippen molar-refractivity contribution in [2.75, 3.05) is 0 Å². The van der Waals surface area contributed by atoms with Gasteiger partial charge in [-0.15, -0.1) is 0 Å². The van der Waals surface area contributed by atoms with Crippen LogP contribution >= 0.6 is 0 Å². The molecule has 0 radical (unpaired) electrons. The SMILES string of the molecule is CC(C)c1cc(B(O)O)ccc1C(C)(C)C. The van der Waals surface area contributed by atoms with Gasteiger partial charge in [-0.05, 0) is 27.9 Å². The first-order chi connectivity index (χ1) is 7.23. The van der Waals surface area contributed by atoms with Crippen LogP contribution < -0.4 is 5.46 Å². The van der Waals surface area contributed by atoms with E-state index in [1.807, 2.05) is 12.1 Å². The van der Waals surface area contributed by atoms with Gasteiger partial charge in [-0.25, -0.2) is 0 Å². The summed E-state index contributed by atoms with van der Waals surface area (Å²) in [5, 5.41) is 18.4. The van der Waals surface area contributed by atoms with Gasteiger partial charge >= 0.3 is 7.12 Å². The zero-order valence-corrected chi connectivity index (χ0v) is 10.8. The fourth-order valence-corrected chi connectivity index (χ4v) is 1.90. The Hall–Kier alpha value is -0.795. The second kappa shape index (κ2) is 4.60. The van der Waals surface area contributed by atoms with Crippen LogP contribution in [-0.2, 0) is 5.41 Å². The van der Waals surface area contributed by atoms with E-state index in [4.69, 9.17) is 0 Å². The highest BCUT2D eigenvalue weighted by molar-refractivity contribution is 6.58. The lowest BCUT2D eigenvalue weighted by Gasteiger charge is -2.25. The van der Waals surface area contributed by atoms with Crippen LogP contribution in [0.3, 0.4) is 0 Å². The van der Waals surface area contributed by atoms with Crippen molar-refractivity contribution in [3.63, 3.8) is 0 Å². The molecule has 2 nitrogen and oxygen atoms in total. The van der Waals surface area contributed by atoms with Crippen LogP contribution in [0.2, 0.25) is 0 Å². The Morgan fingerprint density at radius 1 is 1.12 bits per heavy atom. The second-order valence-electron chi connectivity index (χ2n) is 5.63. The minimum atomic E-state index is -1.38. The Bertz CT molecular complexity index is 365. The number of hydrogen-bond acceptors (Lipinski definition) is 2. The highest BCUT2D eigenvalue weighted by atomic mass is 16.4. The van der Waals surface area contributed by atoms with Gasteiger partial charge in [-0.3, -0.25) is 0 Å². The third-order valence-electron chi connectivity index (χ3n) is 2.80. The summed E-state index contributed by atoms with van der Waals surface area (Å²) in [6, 6.07) is 5.69. The Kier molecular flexibility index (Phi) is 3.82. The lowest BCUT2D eigenvalue weighted by Crippen LogP contribution is -2.31. The van der Waals surface area contributed by atoms with Crippen molar-refractivity contribution in [3.05, 3.63) is 29.3 Å². The van der Waals surface area contributed by atoms with Gasteiger partial charge in [-0.2, -0.15) is 0 Å². The largest absolute Gasteiger partial charge is 0.488 e. The van der Waals surface area contributed by atoms with Crippen LogP contribution in [0.4, 0.5) is 0 Å². The van der Waals surface area contributed by atoms with E-state index in [1.54, 1.807) is 6.07 Å². The summed E-state index contributed by atoms with van der Waals surface area (Å²) in [6.07, 6.45) is 0. The van der Waals surface area contributed by atoms with Crippen molar-refractivity contribution in [1.82, 2.24) is 0 Å². The van der Waals surface area contributed by atoms with Gasteiger partial charge in [0.05, 0.1) is 0 Å². The molecule has 0 heterocycles. The maximum absolute atomic E-state index is 9.18. The van der Waals surface area contributed by atoms with Crippen molar-refractivity contribution in [2.24, 2.45) is 0 Å². The van der Waals surface area contributed by atoms with Crippen molar-refractivity contribution in [1.29, 1.82) is 0 Å². The summed E-state index contributed by atoms with van der Waals surface area (Å²) < 4.78 is 0. The third-order valence-corrected chi connectivity index (χ3v) is 2.80. The van der Waals surface area contributed by atoms with Gasteiger partial charge in [-0.1, -0.05) is 52.8 Å². The van der Waals surface area contributed by atoms with Gasteiger partial charge < -0.3 is 10.0 Å². The van der Waals surface area contributed by atoms with Gasteiger partial charge in [0.2, 0.25) is 0 Å². The van der Waals surface area contributed by atoms with E-state index in [2.05, 4.69) is 34.6 Å². The van der Waals surface area contributed by atoms with Crippen molar-refractivity contribution in [2.45, 2.75) is 46.0 Å². The molecule has 3 heteroatoms. The Labute approximate surface area is 98.5 Å². The van der Waals surface area contributed by atoms with Crippen LogP contribution in [0.1, 0.15) is 51.7 Å². The van der Waals surface area contributed by atoms with E-state index < -0.39 is 7.12 Å². The maximum Gasteiger partial charge on any atom is 0.488 e. The molecule has 0 saturated heterocycles. The Balaban J connectivity index is 3.31. The smallest absolute Gasteiger partial charge is 0.423 e. The van der Waals surface area contributed by atoms with Crippen LogP contribution in [0, 0.1) is 0 Å². The normalized spacial score (nSPS) is 12.0. The average Bonchev–Trinajstić information content (AvgIpc) is 2.15. The lowest BCUT2D eigenvalue weighted by atomic mass is 9.74. The van der Waals surface area contributed by atoms with Gasteiger partial charge in [0.15, 0.2) is 0 Å². The third kappa shape index (κ3) is 2.86. The first-order valence-corrected chi connectivity index (χ1v) is 5.74. The van der Waals surface area contributed by atoms with E-state index in [0.29, 0.717) is 11.4 Å². The molecule has 16 heavy (non-hydrogen) atoms. The fourth-order valence-electron chi connectivity index (χ4n) is 1.90. The number of rotatable bonds is 2. The first kappa shape index (κ1) is 13.3. The topological polar surface area (TPSA) is 40.5 Å². The lowest BCUT2D eigenvalue weighted by molar-refractivity contribution is 0.425. The molecule has 1 aromatic carbocycles. The predicted molar refractivity (Wildman–Crippen MR) is 69.1 cm³/mol. The molecular weight excluding hydrogens is 199 g/mol. The molecule has 0 amide bonds. The molecule has 0 aromatic heterocycles. The molecule has 0 aliphatic heterocycles. The highest BCUT2D eigenvalue weighted by Gasteiger charge is 2.21. The van der Waals surface area contributed by atoms with Crippen LogP contribution in [0.5, 0.6) is 0 Å². The van der Waals surface area contributed by atoms with Crippen LogP contribution in [0.15, 0.2) is 18.2 Å². The second-order valence-corrected chi connectivity index (χ2v) is 5.63. The summed E-state index contributed by atoms with van der Waals surface area (Å²) in [7, 11) is -1.38. The molecule has 2 N–H and O–H groups in total. The molecule has 0 atom stereocenters. The molecule has 0 bridgehead atoms. The molecule has 0 spiro atoms. The predicted octanol–water partition coefficient (Wildman–Crippen LogP) is 1.79. The minimum absolute atomic E-state index is 0.0819. The number of benzene rings is 1. The molecule has 0 unspecified atom stereocenters. The first-order valence-electron chi connectivity index (χ1n) is 5.74. The minimum Gasteiger partial charge on any atom is -0.423 e. The van der Waals surface area contributed by atoms with Gasteiger partial charge in [0.1, 0.15) is 0 Å². The quantitative estimate of drug-likeness (QED) is 0.746. The van der Waals surface area contributed by atoms with Crippen molar-refractivity contribution < 1.29 is 10.0 Å². The summed E-state index contributed by atoms with van der Waals surface area (Å²) in [6.45, 7) is 10.8. The zero-order chi connectivity index (χ0) is 12.5. The summed E-state index contributed by atoms with van der Waals surface area (Å²) in [4.78, 5) is 0. The van der Waals surface area contributed by atoms with Crippen molar-refractivity contribution >= 4 is 12.6 Å². The maximum atomic E-state index is 9.18. The van der Waals surface area contributed by atoms with E-state index in [-0.39, 0.29) is 5.41 Å². The molecule has 0 fully saturated rings. The summed E-state index contributed by atoms with van der Waals surface area (Å²) >= 11 is 0. The summed E-state index contributed by atoms with van der Waals surface area (Å²) in [5.74, 6) is 0.382. The molecule has 88 valence electrons. The van der Waals surface area contributed by atoms with E-state index in [1.165, 1.54) is 11.1 Å². The van der Waals surface area contributed by atoms with Gasteiger partial charge in [0.25, 0.3) is 0 Å². The fraction of sp³-hybridized carbons (Fsp3) is 0.538. The molecule has 1 aromatic rings. The highest BCUT2D eigenvalue weighted by Crippen LogP contribution is 2.29. The molecule has 0 aliphatic carbocycles. The van der Waals surface area contributed by atoms with E-state index in [9.17, 15) is 10.0 Å². The van der Waals surface area contributed by atoms with Crippen molar-refractivity contribution in [3.8, 4) is 0 Å². The van der Waals surface area contributed by atoms with Gasteiger partial charge in [0, 0.05) is 0 Å².